The van der Waals surface area contributed by atoms with Gasteiger partial charge in [-0.05, 0) is 43.2 Å². The number of nitrogens with zero attached hydrogens (tertiary/aromatic N) is 1. The molecule has 2 aromatic rings. The topological polar surface area (TPSA) is 66.5 Å². The molecule has 1 saturated heterocycles. The number of sulfonamides is 1. The van der Waals surface area contributed by atoms with Crippen molar-refractivity contribution in [1.29, 1.82) is 0 Å². The van der Waals surface area contributed by atoms with Crippen LogP contribution in [0.5, 0.6) is 0 Å². The lowest BCUT2D eigenvalue weighted by Crippen LogP contribution is -2.40. The van der Waals surface area contributed by atoms with Gasteiger partial charge < -0.3 is 5.32 Å². The quantitative estimate of drug-likeness (QED) is 0.906. The number of urea groups is 1. The molecule has 1 heterocycles. The van der Waals surface area contributed by atoms with Crippen LogP contribution in [0.25, 0.3) is 0 Å². The SMILES string of the molecule is Cc1ccc(S(=O)(=O)N2C(=O)NCC2Cc2ccc(Cl)cc2)cc1. The van der Waals surface area contributed by atoms with Crippen molar-refractivity contribution in [3.05, 3.63) is 64.7 Å². The lowest BCUT2D eigenvalue weighted by atomic mass is 10.1. The molecule has 7 heteroatoms. The van der Waals surface area contributed by atoms with E-state index in [-0.39, 0.29) is 11.4 Å². The second-order valence-electron chi connectivity index (χ2n) is 5.78. The highest BCUT2D eigenvalue weighted by atomic mass is 35.5. The summed E-state index contributed by atoms with van der Waals surface area (Å²) in [5.74, 6) is 0. The van der Waals surface area contributed by atoms with Gasteiger partial charge in [-0.25, -0.2) is 17.5 Å². The number of halogens is 1. The zero-order valence-electron chi connectivity index (χ0n) is 13.1. The van der Waals surface area contributed by atoms with Crippen molar-refractivity contribution < 1.29 is 13.2 Å². The van der Waals surface area contributed by atoms with Gasteiger partial charge in [0.2, 0.25) is 0 Å². The van der Waals surface area contributed by atoms with Gasteiger partial charge in [-0.15, -0.1) is 0 Å². The molecule has 0 spiro atoms. The summed E-state index contributed by atoms with van der Waals surface area (Å²) >= 11 is 5.87. The summed E-state index contributed by atoms with van der Waals surface area (Å²) < 4.78 is 26.7. The molecular weight excluding hydrogens is 348 g/mol. The number of amides is 2. The van der Waals surface area contributed by atoms with Crippen LogP contribution in [0, 0.1) is 6.92 Å². The average Bonchev–Trinajstić information content (AvgIpc) is 2.91. The van der Waals surface area contributed by atoms with Crippen molar-refractivity contribution in [3.63, 3.8) is 0 Å². The molecule has 1 N–H and O–H groups in total. The Balaban J connectivity index is 1.90. The fraction of sp³-hybridized carbons (Fsp3) is 0.235. The number of hydrogen-bond donors (Lipinski definition) is 1. The van der Waals surface area contributed by atoms with Gasteiger partial charge in [0.25, 0.3) is 10.0 Å². The molecule has 1 atom stereocenters. The molecule has 24 heavy (non-hydrogen) atoms. The van der Waals surface area contributed by atoms with E-state index in [9.17, 15) is 13.2 Å². The van der Waals surface area contributed by atoms with Crippen LogP contribution in [-0.4, -0.2) is 31.3 Å². The summed E-state index contributed by atoms with van der Waals surface area (Å²) in [5.41, 5.74) is 1.88. The summed E-state index contributed by atoms with van der Waals surface area (Å²) in [7, 11) is -3.89. The smallest absolute Gasteiger partial charge is 0.331 e. The first-order valence-corrected chi connectivity index (χ1v) is 9.33. The number of aryl methyl sites for hydroxylation is 1. The molecule has 1 aliphatic rings. The average molecular weight is 365 g/mol. The third kappa shape index (κ3) is 3.25. The zero-order valence-corrected chi connectivity index (χ0v) is 14.6. The Kier molecular flexibility index (Phi) is 4.51. The zero-order chi connectivity index (χ0) is 17.3. The molecule has 5 nitrogen and oxygen atoms in total. The van der Waals surface area contributed by atoms with Gasteiger partial charge in [0.1, 0.15) is 0 Å². The minimum Gasteiger partial charge on any atom is -0.335 e. The van der Waals surface area contributed by atoms with Crippen molar-refractivity contribution in [2.24, 2.45) is 0 Å². The maximum atomic E-state index is 12.9. The molecule has 0 bridgehead atoms. The Hall–Kier alpha value is -2.05. The van der Waals surface area contributed by atoms with Gasteiger partial charge in [0, 0.05) is 11.6 Å². The van der Waals surface area contributed by atoms with E-state index in [0.29, 0.717) is 11.4 Å². The highest BCUT2D eigenvalue weighted by molar-refractivity contribution is 7.89. The molecule has 0 saturated carbocycles. The number of carbonyl (C=O) groups excluding carboxylic acids is 1. The molecular formula is C17H17ClN2O3S. The molecule has 1 fully saturated rings. The van der Waals surface area contributed by atoms with Crippen LogP contribution in [0.1, 0.15) is 11.1 Å². The van der Waals surface area contributed by atoms with Crippen molar-refractivity contribution in [2.45, 2.75) is 24.3 Å². The van der Waals surface area contributed by atoms with Crippen LogP contribution in [-0.2, 0) is 16.4 Å². The van der Waals surface area contributed by atoms with Gasteiger partial charge >= 0.3 is 6.03 Å². The van der Waals surface area contributed by atoms with E-state index in [1.54, 1.807) is 24.3 Å². The van der Waals surface area contributed by atoms with Gasteiger partial charge in [-0.2, -0.15) is 0 Å². The molecule has 2 aromatic carbocycles. The standard InChI is InChI=1S/C17H17ClN2O3S/c1-12-2-8-16(9-3-12)24(22,23)20-15(11-19-17(20)21)10-13-4-6-14(18)7-5-13/h2-9,15H,10-11H2,1H3,(H,19,21). The second kappa shape index (κ2) is 6.45. The lowest BCUT2D eigenvalue weighted by Gasteiger charge is -2.23. The fourth-order valence-electron chi connectivity index (χ4n) is 2.71. The second-order valence-corrected chi connectivity index (χ2v) is 8.04. The van der Waals surface area contributed by atoms with Gasteiger partial charge in [0.05, 0.1) is 10.9 Å². The predicted octanol–water partition coefficient (Wildman–Crippen LogP) is 2.97. The van der Waals surface area contributed by atoms with E-state index in [1.165, 1.54) is 12.1 Å². The van der Waals surface area contributed by atoms with Gasteiger partial charge in [-0.3, -0.25) is 0 Å². The first-order chi connectivity index (χ1) is 11.4. The molecule has 1 aliphatic heterocycles. The number of hydrogen-bond acceptors (Lipinski definition) is 3. The van der Waals surface area contributed by atoms with E-state index in [0.717, 1.165) is 15.4 Å². The van der Waals surface area contributed by atoms with Crippen molar-refractivity contribution in [1.82, 2.24) is 9.62 Å². The summed E-state index contributed by atoms with van der Waals surface area (Å²) in [6, 6.07) is 12.6. The molecule has 0 aromatic heterocycles. The van der Waals surface area contributed by atoms with E-state index in [2.05, 4.69) is 5.32 Å². The van der Waals surface area contributed by atoms with Gasteiger partial charge in [-0.1, -0.05) is 41.4 Å². The van der Waals surface area contributed by atoms with Crippen molar-refractivity contribution in [2.75, 3.05) is 6.54 Å². The van der Waals surface area contributed by atoms with Crippen LogP contribution >= 0.6 is 11.6 Å². The van der Waals surface area contributed by atoms with Crippen LogP contribution < -0.4 is 5.32 Å². The maximum absolute atomic E-state index is 12.9. The molecule has 3 rings (SSSR count). The number of rotatable bonds is 4. The molecule has 1 unspecified atom stereocenters. The summed E-state index contributed by atoms with van der Waals surface area (Å²) in [6.07, 6.45) is 0.432. The number of carbonyl (C=O) groups is 1. The van der Waals surface area contributed by atoms with E-state index in [4.69, 9.17) is 11.6 Å². The highest BCUT2D eigenvalue weighted by Crippen LogP contribution is 2.24. The van der Waals surface area contributed by atoms with E-state index >= 15 is 0 Å². The van der Waals surface area contributed by atoms with Crippen LogP contribution in [0.2, 0.25) is 5.02 Å². The predicted molar refractivity (Wildman–Crippen MR) is 92.5 cm³/mol. The summed E-state index contributed by atoms with van der Waals surface area (Å²) in [5, 5.41) is 3.23. The van der Waals surface area contributed by atoms with Crippen LogP contribution in [0.4, 0.5) is 4.79 Å². The number of benzene rings is 2. The minimum absolute atomic E-state index is 0.117. The first kappa shape index (κ1) is 16.8. The van der Waals surface area contributed by atoms with E-state index < -0.39 is 22.1 Å². The lowest BCUT2D eigenvalue weighted by molar-refractivity contribution is 0.231. The summed E-state index contributed by atoms with van der Waals surface area (Å²) in [4.78, 5) is 12.2. The Morgan fingerprint density at radius 3 is 2.38 bits per heavy atom. The fourth-order valence-corrected chi connectivity index (χ4v) is 4.37. The minimum atomic E-state index is -3.89. The van der Waals surface area contributed by atoms with Gasteiger partial charge in [0.15, 0.2) is 0 Å². The molecule has 2 amide bonds. The molecule has 126 valence electrons. The third-order valence-corrected chi connectivity index (χ3v) is 6.08. The highest BCUT2D eigenvalue weighted by Gasteiger charge is 2.40. The monoisotopic (exact) mass is 364 g/mol. The van der Waals surface area contributed by atoms with Crippen molar-refractivity contribution >= 4 is 27.7 Å². The molecule has 0 aliphatic carbocycles. The Labute approximate surface area is 146 Å². The third-order valence-electron chi connectivity index (χ3n) is 3.98. The van der Waals surface area contributed by atoms with Crippen LogP contribution in [0.3, 0.4) is 0 Å². The summed E-state index contributed by atoms with van der Waals surface area (Å²) in [6.45, 7) is 2.16. The Bertz CT molecular complexity index is 848. The number of nitrogens with one attached hydrogen (secondary N) is 1. The Morgan fingerprint density at radius 1 is 1.12 bits per heavy atom. The maximum Gasteiger partial charge on any atom is 0.331 e. The van der Waals surface area contributed by atoms with E-state index in [1.807, 2.05) is 19.1 Å². The first-order valence-electron chi connectivity index (χ1n) is 7.51. The Morgan fingerprint density at radius 2 is 1.75 bits per heavy atom. The molecule has 0 radical (unpaired) electrons. The van der Waals surface area contributed by atoms with Crippen LogP contribution in [0.15, 0.2) is 53.4 Å². The normalized spacial score (nSPS) is 17.8. The largest absolute Gasteiger partial charge is 0.335 e. The van der Waals surface area contributed by atoms with Crippen molar-refractivity contribution in [3.8, 4) is 0 Å².